The van der Waals surface area contributed by atoms with E-state index in [1.807, 2.05) is 38.6 Å². The fourth-order valence-corrected chi connectivity index (χ4v) is 6.89. The Morgan fingerprint density at radius 3 is 2.47 bits per heavy atom. The smallest absolute Gasteiger partial charge is 0.263 e. The van der Waals surface area contributed by atoms with E-state index in [4.69, 9.17) is 0 Å². The minimum absolute atomic E-state index is 0.0815. The molecule has 2 amide bonds. The summed E-state index contributed by atoms with van der Waals surface area (Å²) in [5, 5.41) is 4.12. The molecule has 3 aromatic rings. The van der Waals surface area contributed by atoms with Gasteiger partial charge in [-0.1, -0.05) is 30.3 Å². The number of hydrogen-bond acceptors (Lipinski definition) is 5. The predicted molar refractivity (Wildman–Crippen MR) is 139 cm³/mol. The first-order valence-corrected chi connectivity index (χ1v) is 13.8. The Kier molecular flexibility index (Phi) is 6.86. The lowest BCUT2D eigenvalue weighted by molar-refractivity contribution is -0.137. The molecule has 2 aromatic heterocycles. The molecule has 0 N–H and O–H groups in total. The third-order valence-electron chi connectivity index (χ3n) is 7.17. The molecule has 5 rings (SSSR count). The SMILES string of the molecule is Cc1ccccc1[C@@H]1c2ccsc2CCN1[C@@H](C)C(=O)N1CCCN(C(=O)c2cccs2)CC1. The molecule has 34 heavy (non-hydrogen) atoms. The number of nitrogens with zero attached hydrogens (tertiary/aromatic N) is 3. The molecule has 178 valence electrons. The van der Waals surface area contributed by atoms with Crippen molar-refractivity contribution in [3.05, 3.63) is 79.7 Å². The van der Waals surface area contributed by atoms with E-state index in [1.54, 1.807) is 0 Å². The minimum atomic E-state index is -0.225. The first-order valence-electron chi connectivity index (χ1n) is 12.0. The van der Waals surface area contributed by atoms with E-state index >= 15 is 0 Å². The van der Waals surface area contributed by atoms with Crippen LogP contribution in [0.25, 0.3) is 0 Å². The van der Waals surface area contributed by atoms with Crippen molar-refractivity contribution >= 4 is 34.5 Å². The molecule has 1 aromatic carbocycles. The van der Waals surface area contributed by atoms with Gasteiger partial charge in [-0.05, 0) is 66.3 Å². The Labute approximate surface area is 209 Å². The molecule has 5 nitrogen and oxygen atoms in total. The van der Waals surface area contributed by atoms with Crippen molar-refractivity contribution in [1.29, 1.82) is 0 Å². The van der Waals surface area contributed by atoms with Gasteiger partial charge in [0.1, 0.15) is 0 Å². The van der Waals surface area contributed by atoms with E-state index < -0.39 is 0 Å². The van der Waals surface area contributed by atoms with E-state index in [0.29, 0.717) is 26.2 Å². The van der Waals surface area contributed by atoms with Crippen LogP contribution < -0.4 is 0 Å². The second-order valence-electron chi connectivity index (χ2n) is 9.17. The van der Waals surface area contributed by atoms with Crippen LogP contribution in [0.1, 0.15) is 50.6 Å². The monoisotopic (exact) mass is 493 g/mol. The topological polar surface area (TPSA) is 43.9 Å². The molecule has 0 spiro atoms. The van der Waals surface area contributed by atoms with Gasteiger partial charge < -0.3 is 9.80 Å². The van der Waals surface area contributed by atoms with Gasteiger partial charge in [-0.2, -0.15) is 0 Å². The molecular weight excluding hydrogens is 462 g/mol. The zero-order valence-corrected chi connectivity index (χ0v) is 21.4. The van der Waals surface area contributed by atoms with Gasteiger partial charge in [-0.3, -0.25) is 14.5 Å². The van der Waals surface area contributed by atoms with Crippen molar-refractivity contribution in [2.45, 2.75) is 38.8 Å². The molecule has 2 aliphatic rings. The van der Waals surface area contributed by atoms with Crippen molar-refractivity contribution in [1.82, 2.24) is 14.7 Å². The van der Waals surface area contributed by atoms with Crippen LogP contribution in [0.4, 0.5) is 0 Å². The number of carbonyl (C=O) groups is 2. The largest absolute Gasteiger partial charge is 0.340 e. The highest BCUT2D eigenvalue weighted by atomic mass is 32.1. The number of aryl methyl sites for hydroxylation is 1. The number of rotatable bonds is 4. The van der Waals surface area contributed by atoms with Crippen LogP contribution in [0.5, 0.6) is 0 Å². The van der Waals surface area contributed by atoms with Crippen LogP contribution in [0, 0.1) is 6.92 Å². The zero-order chi connectivity index (χ0) is 23.7. The van der Waals surface area contributed by atoms with Gasteiger partial charge in [0.2, 0.25) is 5.91 Å². The van der Waals surface area contributed by atoms with Crippen molar-refractivity contribution in [3.8, 4) is 0 Å². The average Bonchev–Trinajstić information content (AvgIpc) is 3.50. The molecule has 1 saturated heterocycles. The van der Waals surface area contributed by atoms with E-state index in [1.165, 1.54) is 32.9 Å². The number of thiophene rings is 2. The second-order valence-corrected chi connectivity index (χ2v) is 11.1. The van der Waals surface area contributed by atoms with Crippen molar-refractivity contribution in [2.24, 2.45) is 0 Å². The van der Waals surface area contributed by atoms with Gasteiger partial charge in [-0.25, -0.2) is 0 Å². The molecule has 0 saturated carbocycles. The van der Waals surface area contributed by atoms with Gasteiger partial charge in [0.15, 0.2) is 0 Å². The summed E-state index contributed by atoms with van der Waals surface area (Å²) in [7, 11) is 0. The predicted octanol–water partition coefficient (Wildman–Crippen LogP) is 4.83. The summed E-state index contributed by atoms with van der Waals surface area (Å²) in [5.41, 5.74) is 3.88. The van der Waals surface area contributed by atoms with Crippen LogP contribution in [0.2, 0.25) is 0 Å². The number of benzene rings is 1. The Balaban J connectivity index is 1.34. The van der Waals surface area contributed by atoms with E-state index in [2.05, 4.69) is 54.5 Å². The standard InChI is InChI=1S/C27H31N3O2S2/c1-19-7-3-4-8-21(19)25-22-11-18-34-23(22)10-14-30(25)20(2)26(31)28-12-6-13-29(16-15-28)27(32)24-9-5-17-33-24/h3-5,7-9,11,17-18,20,25H,6,10,12-16H2,1-2H3/t20-,25+/m0/s1. The number of amides is 2. The Morgan fingerprint density at radius 1 is 0.882 bits per heavy atom. The molecule has 7 heteroatoms. The quantitative estimate of drug-likeness (QED) is 0.523. The van der Waals surface area contributed by atoms with E-state index in [0.717, 1.165) is 24.3 Å². The highest BCUT2D eigenvalue weighted by Crippen LogP contribution is 2.40. The fourth-order valence-electron chi connectivity index (χ4n) is 5.30. The molecule has 0 aliphatic carbocycles. The maximum absolute atomic E-state index is 13.8. The third kappa shape index (κ3) is 4.44. The Morgan fingerprint density at radius 2 is 1.68 bits per heavy atom. The molecule has 0 unspecified atom stereocenters. The molecule has 1 fully saturated rings. The van der Waals surface area contributed by atoms with Crippen LogP contribution in [0.3, 0.4) is 0 Å². The maximum atomic E-state index is 13.8. The highest BCUT2D eigenvalue weighted by molar-refractivity contribution is 7.12. The summed E-state index contributed by atoms with van der Waals surface area (Å²) in [6.07, 6.45) is 1.79. The van der Waals surface area contributed by atoms with Crippen molar-refractivity contribution in [2.75, 3.05) is 32.7 Å². The van der Waals surface area contributed by atoms with Gasteiger partial charge >= 0.3 is 0 Å². The first-order chi connectivity index (χ1) is 16.5. The van der Waals surface area contributed by atoms with Gasteiger partial charge in [0.05, 0.1) is 17.0 Å². The molecule has 2 aliphatic heterocycles. The van der Waals surface area contributed by atoms with Gasteiger partial charge in [0.25, 0.3) is 5.91 Å². The van der Waals surface area contributed by atoms with Crippen LogP contribution in [0.15, 0.2) is 53.2 Å². The molecule has 2 atom stereocenters. The second kappa shape index (κ2) is 10.0. The summed E-state index contributed by atoms with van der Waals surface area (Å²) in [5.74, 6) is 0.251. The fraction of sp³-hybridized carbons (Fsp3) is 0.407. The summed E-state index contributed by atoms with van der Waals surface area (Å²) >= 11 is 3.30. The Hall–Kier alpha value is -2.48. The summed E-state index contributed by atoms with van der Waals surface area (Å²) in [6, 6.07) is 14.4. The molecule has 0 bridgehead atoms. The lowest BCUT2D eigenvalue weighted by Gasteiger charge is -2.41. The summed E-state index contributed by atoms with van der Waals surface area (Å²) < 4.78 is 0. The molecule has 4 heterocycles. The summed E-state index contributed by atoms with van der Waals surface area (Å²) in [6.45, 7) is 7.67. The first kappa shape index (κ1) is 23.3. The average molecular weight is 494 g/mol. The number of carbonyl (C=O) groups excluding carboxylic acids is 2. The zero-order valence-electron chi connectivity index (χ0n) is 19.8. The maximum Gasteiger partial charge on any atom is 0.263 e. The minimum Gasteiger partial charge on any atom is -0.340 e. The van der Waals surface area contributed by atoms with Crippen molar-refractivity contribution < 1.29 is 9.59 Å². The van der Waals surface area contributed by atoms with Gasteiger partial charge in [-0.15, -0.1) is 22.7 Å². The van der Waals surface area contributed by atoms with Crippen LogP contribution >= 0.6 is 22.7 Å². The normalized spacial score (nSPS) is 20.0. The highest BCUT2D eigenvalue weighted by Gasteiger charge is 2.37. The summed E-state index contributed by atoms with van der Waals surface area (Å²) in [4.78, 5) is 35.0. The lowest BCUT2D eigenvalue weighted by Crippen LogP contribution is -2.51. The van der Waals surface area contributed by atoms with Crippen molar-refractivity contribution in [3.63, 3.8) is 0 Å². The Bertz CT molecular complexity index is 1160. The van der Waals surface area contributed by atoms with Crippen LogP contribution in [-0.4, -0.2) is 65.3 Å². The third-order valence-corrected chi connectivity index (χ3v) is 9.02. The molecule has 0 radical (unpaired) electrons. The number of fused-ring (bicyclic) bond motifs is 1. The van der Waals surface area contributed by atoms with Gasteiger partial charge in [0, 0.05) is 37.6 Å². The van der Waals surface area contributed by atoms with Crippen LogP contribution in [-0.2, 0) is 11.2 Å². The van der Waals surface area contributed by atoms with E-state index in [9.17, 15) is 9.59 Å². The number of hydrogen-bond donors (Lipinski definition) is 0. The van der Waals surface area contributed by atoms with E-state index in [-0.39, 0.29) is 23.9 Å². The lowest BCUT2D eigenvalue weighted by atomic mass is 9.89. The molecular formula is C27H31N3O2S2.